The number of esters is 1. The number of nitrogens with zero attached hydrogens (tertiary/aromatic N) is 2. The van der Waals surface area contributed by atoms with E-state index < -0.39 is 12.0 Å². The molecule has 0 fully saturated rings. The summed E-state index contributed by atoms with van der Waals surface area (Å²) in [6.07, 6.45) is 3.33. The molecule has 0 amide bonds. The van der Waals surface area contributed by atoms with E-state index in [1.54, 1.807) is 50.3 Å². The largest absolute Gasteiger partial charge is 0.504 e. The number of phenols is 1. The summed E-state index contributed by atoms with van der Waals surface area (Å²) in [6, 6.07) is 11.4. The Morgan fingerprint density at radius 2 is 2.00 bits per heavy atom. The Morgan fingerprint density at radius 3 is 2.64 bits per heavy atom. The number of hydrogen-bond acceptors (Lipinski definition) is 8. The molecule has 1 N–H and O–H groups in total. The van der Waals surface area contributed by atoms with Crippen molar-refractivity contribution in [2.45, 2.75) is 19.9 Å². The minimum atomic E-state index is -0.722. The number of benzene rings is 2. The molecule has 2 heterocycles. The molecule has 9 heteroatoms. The summed E-state index contributed by atoms with van der Waals surface area (Å²) < 4.78 is 17.9. The average Bonchev–Trinajstić information content (AvgIpc) is 3.16. The molecule has 0 spiro atoms. The number of thiazole rings is 1. The topological polar surface area (TPSA) is 99.4 Å². The molecule has 0 unspecified atom stereocenters. The number of fused-ring (bicyclic) bond motifs is 1. The third-order valence-electron chi connectivity index (χ3n) is 5.58. The van der Waals surface area contributed by atoms with Crippen LogP contribution in [-0.4, -0.2) is 36.0 Å². The zero-order valence-electron chi connectivity index (χ0n) is 20.2. The zero-order chi connectivity index (χ0) is 25.8. The Balaban J connectivity index is 1.87. The Hall–Kier alpha value is -4.11. The monoisotopic (exact) mass is 506 g/mol. The molecule has 4 rings (SSSR count). The standard InChI is InChI=1S/C27H26N2O6S/c1-5-13-35-19-10-8-18(9-11-19)24-23(26(32)34-6-2)16(3)28-27-29(24)25(31)22(36-27)15-17-7-12-21(33-4)20(30)14-17/h5,7-12,14-15,24,30H,1,6,13H2,2-4H3/t24-/m0/s1. The molecule has 3 aromatic rings. The van der Waals surface area contributed by atoms with Crippen molar-refractivity contribution in [1.82, 2.24) is 4.57 Å². The van der Waals surface area contributed by atoms with Crippen molar-refractivity contribution < 1.29 is 24.1 Å². The maximum absolute atomic E-state index is 13.6. The number of hydrogen-bond donors (Lipinski definition) is 1. The van der Waals surface area contributed by atoms with Crippen molar-refractivity contribution in [3.63, 3.8) is 0 Å². The van der Waals surface area contributed by atoms with E-state index in [0.717, 1.165) is 0 Å². The molecule has 1 aliphatic heterocycles. The molecular formula is C27H26N2O6S. The van der Waals surface area contributed by atoms with Crippen molar-refractivity contribution in [1.29, 1.82) is 0 Å². The molecule has 1 aliphatic rings. The van der Waals surface area contributed by atoms with E-state index in [1.165, 1.54) is 29.1 Å². The summed E-state index contributed by atoms with van der Waals surface area (Å²) in [4.78, 5) is 31.6. The van der Waals surface area contributed by atoms with E-state index in [4.69, 9.17) is 14.2 Å². The highest BCUT2D eigenvalue weighted by atomic mass is 32.1. The van der Waals surface area contributed by atoms with Crippen LogP contribution < -0.4 is 24.4 Å². The summed E-state index contributed by atoms with van der Waals surface area (Å²) in [6.45, 7) is 7.68. The van der Waals surface area contributed by atoms with Crippen molar-refractivity contribution in [2.75, 3.05) is 20.3 Å². The van der Waals surface area contributed by atoms with Crippen LogP contribution in [0.1, 0.15) is 31.0 Å². The second-order valence-electron chi connectivity index (χ2n) is 7.90. The molecule has 0 saturated carbocycles. The molecule has 8 nitrogen and oxygen atoms in total. The number of methoxy groups -OCH3 is 1. The lowest BCUT2D eigenvalue weighted by molar-refractivity contribution is -0.139. The molecule has 0 aliphatic carbocycles. The normalized spacial score (nSPS) is 15.2. The first-order valence-corrected chi connectivity index (χ1v) is 12.1. The van der Waals surface area contributed by atoms with Crippen LogP contribution in [0.4, 0.5) is 0 Å². The number of aromatic hydroxyl groups is 1. The second-order valence-corrected chi connectivity index (χ2v) is 8.91. The van der Waals surface area contributed by atoms with Crippen LogP contribution >= 0.6 is 11.3 Å². The van der Waals surface area contributed by atoms with Crippen molar-refractivity contribution in [3.8, 4) is 17.2 Å². The molecule has 0 saturated heterocycles. The summed E-state index contributed by atoms with van der Waals surface area (Å²) >= 11 is 1.21. The maximum atomic E-state index is 13.6. The van der Waals surface area contributed by atoms with Gasteiger partial charge in [-0.1, -0.05) is 42.2 Å². The van der Waals surface area contributed by atoms with Gasteiger partial charge < -0.3 is 19.3 Å². The minimum Gasteiger partial charge on any atom is -0.504 e. The second kappa shape index (κ2) is 10.7. The molecule has 0 bridgehead atoms. The summed E-state index contributed by atoms with van der Waals surface area (Å²) in [5.41, 5.74) is 1.83. The smallest absolute Gasteiger partial charge is 0.338 e. The fraction of sp³-hybridized carbons (Fsp3) is 0.222. The number of phenolic OH excluding ortho intramolecular Hbond substituents is 1. The molecule has 1 atom stereocenters. The molecular weight excluding hydrogens is 480 g/mol. The molecule has 2 aromatic carbocycles. The van der Waals surface area contributed by atoms with Gasteiger partial charge in [-0.25, -0.2) is 9.79 Å². The molecule has 0 radical (unpaired) electrons. The Labute approximate surface area is 211 Å². The van der Waals surface area contributed by atoms with Gasteiger partial charge in [-0.05, 0) is 55.3 Å². The van der Waals surface area contributed by atoms with Crippen LogP contribution in [0.25, 0.3) is 6.08 Å². The lowest BCUT2D eigenvalue weighted by atomic mass is 9.96. The van der Waals surface area contributed by atoms with Crippen molar-refractivity contribution in [3.05, 3.63) is 97.2 Å². The lowest BCUT2D eigenvalue weighted by Crippen LogP contribution is -2.39. The highest BCUT2D eigenvalue weighted by Gasteiger charge is 2.33. The van der Waals surface area contributed by atoms with Crippen LogP contribution in [0, 0.1) is 0 Å². The van der Waals surface area contributed by atoms with Gasteiger partial charge in [0.1, 0.15) is 12.4 Å². The Morgan fingerprint density at radius 1 is 1.25 bits per heavy atom. The van der Waals surface area contributed by atoms with Gasteiger partial charge >= 0.3 is 5.97 Å². The van der Waals surface area contributed by atoms with Gasteiger partial charge in [0.25, 0.3) is 5.56 Å². The van der Waals surface area contributed by atoms with Gasteiger partial charge in [0, 0.05) is 0 Å². The lowest BCUT2D eigenvalue weighted by Gasteiger charge is -2.24. The van der Waals surface area contributed by atoms with Gasteiger partial charge in [0.15, 0.2) is 16.3 Å². The van der Waals surface area contributed by atoms with Crippen molar-refractivity contribution in [2.24, 2.45) is 4.99 Å². The number of allylic oxidation sites excluding steroid dienone is 1. The molecule has 1 aromatic heterocycles. The predicted octanol–water partition coefficient (Wildman–Crippen LogP) is 3.08. The fourth-order valence-corrected chi connectivity index (χ4v) is 5.00. The first-order valence-electron chi connectivity index (χ1n) is 11.3. The number of rotatable bonds is 8. The van der Waals surface area contributed by atoms with E-state index in [1.807, 2.05) is 12.1 Å². The molecule has 186 valence electrons. The average molecular weight is 507 g/mol. The van der Waals surface area contributed by atoms with Crippen LogP contribution in [-0.2, 0) is 9.53 Å². The first-order chi connectivity index (χ1) is 17.4. The van der Waals surface area contributed by atoms with E-state index in [2.05, 4.69) is 11.6 Å². The van der Waals surface area contributed by atoms with Crippen LogP contribution in [0.5, 0.6) is 17.2 Å². The van der Waals surface area contributed by atoms with Crippen LogP contribution in [0.3, 0.4) is 0 Å². The SMILES string of the molecule is C=CCOc1ccc([C@H]2C(C(=O)OCC)=C(C)N=c3sc(=Cc4ccc(OC)c(O)c4)c(=O)n32)cc1. The zero-order valence-corrected chi connectivity index (χ0v) is 21.0. The minimum absolute atomic E-state index is 0.0314. The number of ether oxygens (including phenoxy) is 3. The Bertz CT molecular complexity index is 1520. The highest BCUT2D eigenvalue weighted by molar-refractivity contribution is 7.07. The number of aromatic nitrogens is 1. The third kappa shape index (κ3) is 4.83. The van der Waals surface area contributed by atoms with E-state index in [0.29, 0.717) is 49.8 Å². The third-order valence-corrected chi connectivity index (χ3v) is 6.56. The van der Waals surface area contributed by atoms with Crippen molar-refractivity contribution >= 4 is 23.4 Å². The summed E-state index contributed by atoms with van der Waals surface area (Å²) in [7, 11) is 1.47. The highest BCUT2D eigenvalue weighted by Crippen LogP contribution is 2.32. The summed E-state index contributed by atoms with van der Waals surface area (Å²) in [5, 5.41) is 10.1. The number of carbonyl (C=O) groups excluding carboxylic acids is 1. The van der Waals surface area contributed by atoms with Gasteiger partial charge in [0.05, 0.1) is 35.6 Å². The first kappa shape index (κ1) is 25.0. The van der Waals surface area contributed by atoms with Gasteiger partial charge in [-0.2, -0.15) is 0 Å². The van der Waals surface area contributed by atoms with Gasteiger partial charge in [-0.15, -0.1) is 0 Å². The van der Waals surface area contributed by atoms with Crippen LogP contribution in [0.15, 0.2) is 76.2 Å². The predicted molar refractivity (Wildman–Crippen MR) is 137 cm³/mol. The van der Waals surface area contributed by atoms with Crippen LogP contribution in [0.2, 0.25) is 0 Å². The fourth-order valence-electron chi connectivity index (χ4n) is 3.96. The van der Waals surface area contributed by atoms with E-state index >= 15 is 0 Å². The molecule has 36 heavy (non-hydrogen) atoms. The maximum Gasteiger partial charge on any atom is 0.338 e. The summed E-state index contributed by atoms with van der Waals surface area (Å²) in [5.74, 6) is 0.425. The Kier molecular flexibility index (Phi) is 7.40. The quantitative estimate of drug-likeness (QED) is 0.372. The number of carbonyl (C=O) groups is 1. The van der Waals surface area contributed by atoms with E-state index in [9.17, 15) is 14.7 Å². The van der Waals surface area contributed by atoms with Gasteiger partial charge in [0.2, 0.25) is 0 Å². The van der Waals surface area contributed by atoms with Gasteiger partial charge in [-0.3, -0.25) is 9.36 Å². The van der Waals surface area contributed by atoms with E-state index in [-0.39, 0.29) is 17.9 Å².